The summed E-state index contributed by atoms with van der Waals surface area (Å²) in [5, 5.41) is 4.17. The number of fused-ring (bicyclic) bond motifs is 1. The van der Waals surface area contributed by atoms with E-state index in [0.717, 1.165) is 30.6 Å². The average Bonchev–Trinajstić information content (AvgIpc) is 2.82. The summed E-state index contributed by atoms with van der Waals surface area (Å²) in [6.07, 6.45) is 2.21. The third-order valence-corrected chi connectivity index (χ3v) is 6.14. The van der Waals surface area contributed by atoms with Gasteiger partial charge in [-0.3, -0.25) is 19.1 Å². The second-order valence-electron chi connectivity index (χ2n) is 8.47. The van der Waals surface area contributed by atoms with Crippen molar-refractivity contribution in [3.8, 4) is 11.4 Å². The number of hydrogen-bond acceptors (Lipinski definition) is 4. The number of aromatic nitrogens is 1. The lowest BCUT2D eigenvalue weighted by atomic mass is 10.1. The van der Waals surface area contributed by atoms with Gasteiger partial charge in [-0.25, -0.2) is 4.39 Å². The average molecular weight is 452 g/mol. The Bertz CT molecular complexity index is 1200. The Morgan fingerprint density at radius 2 is 1.94 bits per heavy atom. The summed E-state index contributed by atoms with van der Waals surface area (Å²) in [6, 6.07) is 12.8. The summed E-state index contributed by atoms with van der Waals surface area (Å²) in [5.74, 6) is 0.463. The number of carbonyl (C=O) groups is 1. The molecule has 1 aliphatic heterocycles. The normalized spacial score (nSPS) is 15.0. The molecule has 1 aromatic heterocycles. The first-order valence-corrected chi connectivity index (χ1v) is 11.5. The molecule has 0 bridgehead atoms. The molecule has 3 aromatic rings. The van der Waals surface area contributed by atoms with Gasteiger partial charge in [0, 0.05) is 37.9 Å². The van der Waals surface area contributed by atoms with Crippen molar-refractivity contribution in [1.29, 1.82) is 0 Å². The molecule has 6 nitrogen and oxygen atoms in total. The number of amides is 1. The highest BCUT2D eigenvalue weighted by atomic mass is 19.1. The second kappa shape index (κ2) is 10.2. The lowest BCUT2D eigenvalue weighted by molar-refractivity contribution is 0.0956. The molecule has 1 amide bonds. The summed E-state index contributed by atoms with van der Waals surface area (Å²) in [5.41, 5.74) is 1.92. The monoisotopic (exact) mass is 451 g/mol. The molecule has 2 heterocycles. The number of rotatable bonds is 7. The number of piperidine rings is 1. The zero-order valence-corrected chi connectivity index (χ0v) is 19.1. The lowest BCUT2D eigenvalue weighted by Crippen LogP contribution is -2.37. The van der Waals surface area contributed by atoms with E-state index in [1.54, 1.807) is 29.0 Å². The van der Waals surface area contributed by atoms with Crippen LogP contribution in [0, 0.1) is 6.92 Å². The van der Waals surface area contributed by atoms with Gasteiger partial charge in [0.1, 0.15) is 18.5 Å². The van der Waals surface area contributed by atoms with Crippen molar-refractivity contribution >= 4 is 16.7 Å². The van der Waals surface area contributed by atoms with E-state index in [-0.39, 0.29) is 11.5 Å². The minimum Gasteiger partial charge on any atom is -0.492 e. The fraction of sp³-hybridized carbons (Fsp3) is 0.385. The van der Waals surface area contributed by atoms with Crippen LogP contribution in [0.25, 0.3) is 16.5 Å². The van der Waals surface area contributed by atoms with Gasteiger partial charge in [-0.2, -0.15) is 0 Å². The van der Waals surface area contributed by atoms with E-state index in [1.165, 1.54) is 0 Å². The van der Waals surface area contributed by atoms with Crippen LogP contribution in [0.15, 0.2) is 53.5 Å². The van der Waals surface area contributed by atoms with Crippen LogP contribution in [0.1, 0.15) is 35.7 Å². The molecule has 1 aliphatic rings. The number of alkyl halides is 1. The molecule has 0 saturated carbocycles. The number of benzene rings is 2. The molecule has 1 fully saturated rings. The van der Waals surface area contributed by atoms with Crippen LogP contribution in [-0.4, -0.2) is 54.3 Å². The van der Waals surface area contributed by atoms with Crippen molar-refractivity contribution in [3.63, 3.8) is 0 Å². The Balaban J connectivity index is 1.56. The molecule has 0 unspecified atom stereocenters. The van der Waals surface area contributed by atoms with Gasteiger partial charge in [-0.1, -0.05) is 12.1 Å². The first-order valence-electron chi connectivity index (χ1n) is 11.5. The third-order valence-electron chi connectivity index (χ3n) is 6.14. The molecule has 4 rings (SSSR count). The number of nitrogens with one attached hydrogen (secondary N) is 1. The molecular formula is C26H30FN3O3. The van der Waals surface area contributed by atoms with Crippen molar-refractivity contribution in [2.24, 2.45) is 0 Å². The number of hydrogen-bond donors (Lipinski definition) is 1. The molecule has 33 heavy (non-hydrogen) atoms. The van der Waals surface area contributed by atoms with Gasteiger partial charge in [0.05, 0.1) is 11.1 Å². The van der Waals surface area contributed by atoms with E-state index < -0.39 is 6.17 Å². The Hall–Kier alpha value is -3.19. The van der Waals surface area contributed by atoms with Crippen LogP contribution in [0.3, 0.4) is 0 Å². The molecule has 1 saturated heterocycles. The lowest BCUT2D eigenvalue weighted by Gasteiger charge is -2.28. The molecule has 0 spiro atoms. The Morgan fingerprint density at radius 3 is 2.70 bits per heavy atom. The summed E-state index contributed by atoms with van der Waals surface area (Å²) < 4.78 is 20.8. The fourth-order valence-corrected chi connectivity index (χ4v) is 4.19. The van der Waals surface area contributed by atoms with Gasteiger partial charge in [-0.15, -0.1) is 0 Å². The minimum absolute atomic E-state index is 0.167. The van der Waals surface area contributed by atoms with E-state index in [2.05, 4.69) is 10.2 Å². The highest BCUT2D eigenvalue weighted by Crippen LogP contribution is 2.21. The minimum atomic E-state index is -0.685. The largest absolute Gasteiger partial charge is 0.492 e. The van der Waals surface area contributed by atoms with Crippen molar-refractivity contribution in [2.75, 3.05) is 32.8 Å². The number of pyridine rings is 1. The van der Waals surface area contributed by atoms with Crippen LogP contribution < -0.4 is 15.6 Å². The van der Waals surface area contributed by atoms with Gasteiger partial charge < -0.3 is 10.1 Å². The van der Waals surface area contributed by atoms with E-state index in [1.807, 2.05) is 38.1 Å². The second-order valence-corrected chi connectivity index (χ2v) is 8.47. The number of carbonyl (C=O) groups excluding carboxylic acids is 1. The molecule has 2 aromatic carbocycles. The molecule has 0 atom stereocenters. The van der Waals surface area contributed by atoms with Gasteiger partial charge >= 0.3 is 0 Å². The molecule has 0 aliphatic carbocycles. The smallest absolute Gasteiger partial charge is 0.263 e. The van der Waals surface area contributed by atoms with E-state index in [0.29, 0.717) is 48.4 Å². The summed E-state index contributed by atoms with van der Waals surface area (Å²) in [7, 11) is 0. The predicted octanol–water partition coefficient (Wildman–Crippen LogP) is 3.86. The number of halogens is 1. The standard InChI is InChI=1S/C26H30FN3O3/c1-3-28-25(31)20-5-4-18(2)24(16-20)30-13-8-19-6-7-22(17-23(19)26(30)32)33-15-14-29-11-9-21(27)10-12-29/h4-8,13,16-17,21H,3,9-12,14-15H2,1-2H3,(H,28,31). The van der Waals surface area contributed by atoms with E-state index >= 15 is 0 Å². The van der Waals surface area contributed by atoms with Gasteiger partial charge in [-0.05, 0) is 68.0 Å². The maximum atomic E-state index is 13.4. The van der Waals surface area contributed by atoms with Crippen molar-refractivity contribution in [2.45, 2.75) is 32.9 Å². The Kier molecular flexibility index (Phi) is 7.08. The maximum absolute atomic E-state index is 13.4. The molecule has 1 N–H and O–H groups in total. The zero-order chi connectivity index (χ0) is 23.4. The topological polar surface area (TPSA) is 63.6 Å². The first kappa shape index (κ1) is 23.0. The van der Waals surface area contributed by atoms with E-state index in [9.17, 15) is 14.0 Å². The Morgan fingerprint density at radius 1 is 1.15 bits per heavy atom. The number of nitrogens with zero attached hydrogens (tertiary/aromatic N) is 2. The predicted molar refractivity (Wildman–Crippen MR) is 128 cm³/mol. The maximum Gasteiger partial charge on any atom is 0.263 e. The highest BCUT2D eigenvalue weighted by Gasteiger charge is 2.18. The van der Waals surface area contributed by atoms with Gasteiger partial charge in [0.25, 0.3) is 11.5 Å². The van der Waals surface area contributed by atoms with Crippen LogP contribution in [0.2, 0.25) is 0 Å². The Labute approximate surface area is 193 Å². The number of aryl methyl sites for hydroxylation is 1. The van der Waals surface area contributed by atoms with E-state index in [4.69, 9.17) is 4.74 Å². The SMILES string of the molecule is CCNC(=O)c1ccc(C)c(-n2ccc3ccc(OCCN4CCC(F)CC4)cc3c2=O)c1. The summed E-state index contributed by atoms with van der Waals surface area (Å²) in [6.45, 7) is 7.04. The van der Waals surface area contributed by atoms with Crippen LogP contribution in [-0.2, 0) is 0 Å². The first-order chi connectivity index (χ1) is 16.0. The molecule has 7 heteroatoms. The zero-order valence-electron chi connectivity index (χ0n) is 19.1. The quantitative estimate of drug-likeness (QED) is 0.593. The highest BCUT2D eigenvalue weighted by molar-refractivity contribution is 5.95. The summed E-state index contributed by atoms with van der Waals surface area (Å²) in [4.78, 5) is 27.8. The van der Waals surface area contributed by atoms with Crippen LogP contribution in [0.5, 0.6) is 5.75 Å². The molecule has 0 radical (unpaired) electrons. The van der Waals surface area contributed by atoms with Gasteiger partial charge in [0.15, 0.2) is 0 Å². The van der Waals surface area contributed by atoms with Gasteiger partial charge in [0.2, 0.25) is 0 Å². The van der Waals surface area contributed by atoms with Crippen LogP contribution >= 0.6 is 0 Å². The fourth-order valence-electron chi connectivity index (χ4n) is 4.19. The molecular weight excluding hydrogens is 421 g/mol. The van der Waals surface area contributed by atoms with Crippen LogP contribution in [0.4, 0.5) is 4.39 Å². The number of likely N-dealkylation sites (tertiary alicyclic amines) is 1. The molecule has 174 valence electrons. The third kappa shape index (κ3) is 5.25. The van der Waals surface area contributed by atoms with Crippen molar-refractivity contribution < 1.29 is 13.9 Å². The van der Waals surface area contributed by atoms with Crippen molar-refractivity contribution in [3.05, 3.63) is 70.1 Å². The summed E-state index contributed by atoms with van der Waals surface area (Å²) >= 11 is 0. The van der Waals surface area contributed by atoms with Crippen molar-refractivity contribution in [1.82, 2.24) is 14.8 Å². The number of ether oxygens (including phenoxy) is 1.